The van der Waals surface area contributed by atoms with Crippen LogP contribution in [0.25, 0.3) is 21.5 Å². The molecular weight excluding hydrogens is 351 g/mol. The second-order valence-corrected chi connectivity index (χ2v) is 5.69. The number of hydrogen-bond acceptors (Lipinski definition) is 1. The van der Waals surface area contributed by atoms with Gasteiger partial charge in [-0.1, -0.05) is 36.4 Å². The van der Waals surface area contributed by atoms with Crippen molar-refractivity contribution in [3.05, 3.63) is 57.7 Å². The molecule has 0 aliphatic rings. The van der Waals surface area contributed by atoms with Crippen LogP contribution in [0.4, 0.5) is 0 Å². The molecule has 0 spiro atoms. The number of fused-ring (bicyclic) bond motifs is 3. The SMILES string of the molecule is O=C(O)Cc1ccc2cc(I)c3ccccc3c2c1. The number of carbonyl (C=O) groups is 1. The van der Waals surface area contributed by atoms with Gasteiger partial charge in [-0.25, -0.2) is 0 Å². The van der Waals surface area contributed by atoms with Gasteiger partial charge in [0.05, 0.1) is 6.42 Å². The standard InChI is InChI=1S/C16H11IO2/c17-15-9-11-6-5-10(8-16(18)19)7-14(11)12-3-1-2-4-13(12)15/h1-7,9H,8H2,(H,18,19). The normalized spacial score (nSPS) is 11.0. The largest absolute Gasteiger partial charge is 0.481 e. The molecule has 3 rings (SSSR count). The third kappa shape index (κ3) is 2.30. The Morgan fingerprint density at radius 2 is 1.74 bits per heavy atom. The van der Waals surface area contributed by atoms with Gasteiger partial charge in [0.2, 0.25) is 0 Å². The number of aliphatic carboxylic acids is 1. The Bertz CT molecular complexity index is 793. The monoisotopic (exact) mass is 362 g/mol. The number of rotatable bonds is 2. The lowest BCUT2D eigenvalue weighted by Gasteiger charge is -2.08. The maximum absolute atomic E-state index is 10.8. The van der Waals surface area contributed by atoms with Gasteiger partial charge in [-0.3, -0.25) is 4.79 Å². The van der Waals surface area contributed by atoms with Gasteiger partial charge in [0.25, 0.3) is 0 Å². The van der Waals surface area contributed by atoms with E-state index in [0.29, 0.717) is 0 Å². The fourth-order valence-electron chi connectivity index (χ4n) is 2.39. The highest BCUT2D eigenvalue weighted by atomic mass is 127. The predicted molar refractivity (Wildman–Crippen MR) is 85.5 cm³/mol. The summed E-state index contributed by atoms with van der Waals surface area (Å²) < 4.78 is 1.21. The Hall–Kier alpha value is -1.62. The Balaban J connectivity index is 2.34. The van der Waals surface area contributed by atoms with E-state index in [9.17, 15) is 4.79 Å². The maximum atomic E-state index is 10.8. The van der Waals surface area contributed by atoms with E-state index < -0.39 is 5.97 Å². The second-order valence-electron chi connectivity index (χ2n) is 4.53. The Kier molecular flexibility index (Phi) is 3.14. The van der Waals surface area contributed by atoms with E-state index in [4.69, 9.17) is 5.11 Å². The first-order chi connectivity index (χ1) is 9.15. The third-order valence-corrected chi connectivity index (χ3v) is 4.12. The van der Waals surface area contributed by atoms with Gasteiger partial charge in [-0.2, -0.15) is 0 Å². The molecule has 0 unspecified atom stereocenters. The molecule has 0 aliphatic heterocycles. The van der Waals surface area contributed by atoms with E-state index in [0.717, 1.165) is 16.3 Å². The summed E-state index contributed by atoms with van der Waals surface area (Å²) in [5.41, 5.74) is 0.839. The van der Waals surface area contributed by atoms with E-state index >= 15 is 0 Å². The molecule has 19 heavy (non-hydrogen) atoms. The molecule has 3 aromatic rings. The lowest BCUT2D eigenvalue weighted by atomic mass is 9.99. The highest BCUT2D eigenvalue weighted by molar-refractivity contribution is 14.1. The van der Waals surface area contributed by atoms with Crippen LogP contribution >= 0.6 is 22.6 Å². The zero-order valence-corrected chi connectivity index (χ0v) is 12.2. The van der Waals surface area contributed by atoms with E-state index in [2.05, 4.69) is 40.8 Å². The summed E-state index contributed by atoms with van der Waals surface area (Å²) in [5, 5.41) is 13.6. The van der Waals surface area contributed by atoms with Gasteiger partial charge >= 0.3 is 5.97 Å². The summed E-state index contributed by atoms with van der Waals surface area (Å²) in [4.78, 5) is 10.8. The first-order valence-electron chi connectivity index (χ1n) is 5.97. The fourth-order valence-corrected chi connectivity index (χ4v) is 3.19. The second kappa shape index (κ2) is 4.81. The van der Waals surface area contributed by atoms with Gasteiger partial charge in [0, 0.05) is 3.57 Å². The van der Waals surface area contributed by atoms with E-state index in [1.54, 1.807) is 0 Å². The minimum atomic E-state index is -0.797. The maximum Gasteiger partial charge on any atom is 0.307 e. The van der Waals surface area contributed by atoms with Crippen molar-refractivity contribution in [2.24, 2.45) is 0 Å². The van der Waals surface area contributed by atoms with Crippen LogP contribution in [-0.2, 0) is 11.2 Å². The Morgan fingerprint density at radius 1 is 1.00 bits per heavy atom. The van der Waals surface area contributed by atoms with Crippen LogP contribution in [0.3, 0.4) is 0 Å². The Morgan fingerprint density at radius 3 is 2.47 bits per heavy atom. The molecular formula is C16H11IO2. The van der Waals surface area contributed by atoms with Gasteiger partial charge in [0.15, 0.2) is 0 Å². The highest BCUT2D eigenvalue weighted by Gasteiger charge is 2.07. The average Bonchev–Trinajstić information content (AvgIpc) is 2.39. The average molecular weight is 362 g/mol. The van der Waals surface area contributed by atoms with E-state index in [1.165, 1.54) is 14.3 Å². The first-order valence-corrected chi connectivity index (χ1v) is 7.05. The molecule has 1 N–H and O–H groups in total. The topological polar surface area (TPSA) is 37.3 Å². The first kappa shape index (κ1) is 12.4. The van der Waals surface area contributed by atoms with Crippen LogP contribution in [0.5, 0.6) is 0 Å². The molecule has 3 aromatic carbocycles. The Labute approximate surface area is 124 Å². The lowest BCUT2D eigenvalue weighted by Crippen LogP contribution is -1.99. The number of halogens is 1. The van der Waals surface area contributed by atoms with Gasteiger partial charge in [-0.15, -0.1) is 0 Å². The van der Waals surface area contributed by atoms with Crippen molar-refractivity contribution in [2.45, 2.75) is 6.42 Å². The lowest BCUT2D eigenvalue weighted by molar-refractivity contribution is -0.136. The highest BCUT2D eigenvalue weighted by Crippen LogP contribution is 2.30. The van der Waals surface area contributed by atoms with Crippen molar-refractivity contribution in [1.82, 2.24) is 0 Å². The third-order valence-electron chi connectivity index (χ3n) is 3.23. The van der Waals surface area contributed by atoms with Gasteiger partial charge in [0.1, 0.15) is 0 Å². The predicted octanol–water partition coefficient (Wildman–Crippen LogP) is 4.22. The summed E-state index contributed by atoms with van der Waals surface area (Å²) >= 11 is 2.34. The van der Waals surface area contributed by atoms with Crippen molar-refractivity contribution in [3.63, 3.8) is 0 Å². The quantitative estimate of drug-likeness (QED) is 0.547. The summed E-state index contributed by atoms with van der Waals surface area (Å²) in [7, 11) is 0. The fraction of sp³-hybridized carbons (Fsp3) is 0.0625. The summed E-state index contributed by atoms with van der Waals surface area (Å²) in [6.07, 6.45) is 0.0657. The van der Waals surface area contributed by atoms with E-state index in [1.807, 2.05) is 30.3 Å². The zero-order chi connectivity index (χ0) is 13.4. The molecule has 0 aliphatic carbocycles. The molecule has 94 valence electrons. The summed E-state index contributed by atoms with van der Waals surface area (Å²) in [5.74, 6) is -0.797. The van der Waals surface area contributed by atoms with Crippen LogP contribution in [0.1, 0.15) is 5.56 Å². The van der Waals surface area contributed by atoms with Crippen LogP contribution in [-0.4, -0.2) is 11.1 Å². The minimum absolute atomic E-state index is 0.0657. The van der Waals surface area contributed by atoms with Crippen LogP contribution in [0.2, 0.25) is 0 Å². The van der Waals surface area contributed by atoms with Crippen molar-refractivity contribution >= 4 is 50.1 Å². The number of benzene rings is 3. The van der Waals surface area contributed by atoms with Gasteiger partial charge < -0.3 is 5.11 Å². The van der Waals surface area contributed by atoms with E-state index in [-0.39, 0.29) is 6.42 Å². The number of carboxylic acid groups (broad SMARTS) is 1. The molecule has 0 saturated carbocycles. The zero-order valence-electron chi connectivity index (χ0n) is 10.1. The van der Waals surface area contributed by atoms with Gasteiger partial charge in [-0.05, 0) is 61.8 Å². The van der Waals surface area contributed by atoms with Crippen molar-refractivity contribution in [1.29, 1.82) is 0 Å². The molecule has 0 amide bonds. The van der Waals surface area contributed by atoms with Crippen molar-refractivity contribution in [2.75, 3.05) is 0 Å². The van der Waals surface area contributed by atoms with Crippen LogP contribution in [0.15, 0.2) is 48.5 Å². The number of carboxylic acids is 1. The molecule has 0 heterocycles. The number of hydrogen-bond donors (Lipinski definition) is 1. The van der Waals surface area contributed by atoms with Crippen LogP contribution in [0, 0.1) is 3.57 Å². The molecule has 0 aromatic heterocycles. The molecule has 0 atom stereocenters. The van der Waals surface area contributed by atoms with Crippen LogP contribution < -0.4 is 0 Å². The summed E-state index contributed by atoms with van der Waals surface area (Å²) in [6.45, 7) is 0. The molecule has 0 fully saturated rings. The molecule has 0 bridgehead atoms. The molecule has 2 nitrogen and oxygen atoms in total. The minimum Gasteiger partial charge on any atom is -0.481 e. The van der Waals surface area contributed by atoms with Crippen molar-refractivity contribution in [3.8, 4) is 0 Å². The smallest absolute Gasteiger partial charge is 0.307 e. The molecule has 3 heteroatoms. The molecule has 0 radical (unpaired) electrons. The van der Waals surface area contributed by atoms with Crippen molar-refractivity contribution < 1.29 is 9.90 Å². The molecule has 0 saturated heterocycles. The summed E-state index contributed by atoms with van der Waals surface area (Å²) in [6, 6.07) is 16.2.